The van der Waals surface area contributed by atoms with Gasteiger partial charge >= 0.3 is 0 Å². The zero-order valence-electron chi connectivity index (χ0n) is 13.3. The van der Waals surface area contributed by atoms with Crippen LogP contribution < -0.4 is 11.1 Å². The van der Waals surface area contributed by atoms with Crippen LogP contribution in [0.1, 0.15) is 11.1 Å². The quantitative estimate of drug-likeness (QED) is 0.376. The van der Waals surface area contributed by atoms with Crippen molar-refractivity contribution in [3.8, 4) is 5.82 Å². The largest absolute Gasteiger partial charge is 0.370 e. The van der Waals surface area contributed by atoms with Crippen molar-refractivity contribution in [2.24, 2.45) is 10.7 Å². The first kappa shape index (κ1) is 17.9. The lowest BCUT2D eigenvalue weighted by molar-refractivity contribution is 0.968. The number of guanidine groups is 1. The van der Waals surface area contributed by atoms with Gasteiger partial charge in [0.25, 0.3) is 0 Å². The van der Waals surface area contributed by atoms with Crippen molar-refractivity contribution >= 4 is 35.6 Å². The maximum atomic E-state index is 5.94. The van der Waals surface area contributed by atoms with Crippen LogP contribution in [0.5, 0.6) is 0 Å². The highest BCUT2D eigenvalue weighted by Gasteiger charge is 2.00. The molecule has 0 amide bonds. The van der Waals surface area contributed by atoms with Gasteiger partial charge in [0.15, 0.2) is 5.96 Å². The molecule has 0 aliphatic heterocycles. The Morgan fingerprint density at radius 2 is 2.12 bits per heavy atom. The van der Waals surface area contributed by atoms with Gasteiger partial charge in [-0.2, -0.15) is 0 Å². The van der Waals surface area contributed by atoms with E-state index in [9.17, 15) is 0 Å². The first-order chi connectivity index (χ1) is 11.2. The van der Waals surface area contributed by atoms with Crippen LogP contribution in [-0.4, -0.2) is 20.5 Å². The second-order valence-electron chi connectivity index (χ2n) is 5.19. The van der Waals surface area contributed by atoms with Crippen LogP contribution in [0.2, 0.25) is 0 Å². The molecule has 0 saturated carbocycles. The number of hydrogen-bond acceptors (Lipinski definition) is 3. The second-order valence-corrected chi connectivity index (χ2v) is 5.19. The van der Waals surface area contributed by atoms with Gasteiger partial charge in [0.1, 0.15) is 12.1 Å². The summed E-state index contributed by atoms with van der Waals surface area (Å²) in [6, 6.07) is 11.9. The molecule has 7 heteroatoms. The van der Waals surface area contributed by atoms with Crippen LogP contribution in [-0.2, 0) is 6.54 Å². The van der Waals surface area contributed by atoms with Crippen LogP contribution in [0, 0.1) is 6.92 Å². The van der Waals surface area contributed by atoms with E-state index in [1.54, 1.807) is 18.7 Å². The van der Waals surface area contributed by atoms with E-state index in [0.717, 1.165) is 17.1 Å². The molecule has 0 saturated heterocycles. The Balaban J connectivity index is 0.00000208. The number of nitrogens with one attached hydrogen (secondary N) is 1. The summed E-state index contributed by atoms with van der Waals surface area (Å²) in [5, 5.41) is 3.09. The minimum absolute atomic E-state index is 0. The van der Waals surface area contributed by atoms with Crippen LogP contribution >= 0.6 is 24.0 Å². The average molecular weight is 434 g/mol. The minimum Gasteiger partial charge on any atom is -0.370 e. The van der Waals surface area contributed by atoms with Gasteiger partial charge in [0, 0.05) is 24.3 Å². The SMILES string of the molecule is Cc1cccc(NC(N)=NCc2ccnc(-n3ccnc3)c2)c1.I. The van der Waals surface area contributed by atoms with Gasteiger partial charge in [-0.15, -0.1) is 24.0 Å². The van der Waals surface area contributed by atoms with Crippen molar-refractivity contribution < 1.29 is 0 Å². The molecule has 0 fully saturated rings. The number of benzene rings is 1. The van der Waals surface area contributed by atoms with E-state index >= 15 is 0 Å². The summed E-state index contributed by atoms with van der Waals surface area (Å²) < 4.78 is 1.85. The lowest BCUT2D eigenvalue weighted by Crippen LogP contribution is -2.22. The second kappa shape index (κ2) is 8.44. The fourth-order valence-corrected chi connectivity index (χ4v) is 2.18. The number of aryl methyl sites for hydroxylation is 1. The molecule has 0 bridgehead atoms. The molecular weight excluding hydrogens is 415 g/mol. The number of halogens is 1. The van der Waals surface area contributed by atoms with Gasteiger partial charge in [-0.25, -0.2) is 15.0 Å². The molecule has 0 spiro atoms. The number of nitrogens with zero attached hydrogens (tertiary/aromatic N) is 4. The van der Waals surface area contributed by atoms with Crippen LogP contribution in [0.4, 0.5) is 5.69 Å². The summed E-state index contributed by atoms with van der Waals surface area (Å²) in [6.07, 6.45) is 7.03. The van der Waals surface area contributed by atoms with Gasteiger partial charge in [0.2, 0.25) is 0 Å². The van der Waals surface area contributed by atoms with Gasteiger partial charge in [-0.3, -0.25) is 4.57 Å². The van der Waals surface area contributed by atoms with E-state index in [1.165, 1.54) is 5.56 Å². The number of imidazole rings is 1. The molecule has 3 rings (SSSR count). The van der Waals surface area contributed by atoms with E-state index in [1.807, 2.05) is 54.1 Å². The van der Waals surface area contributed by atoms with Crippen molar-refractivity contribution in [3.63, 3.8) is 0 Å². The third kappa shape index (κ3) is 4.79. The number of rotatable bonds is 4. The van der Waals surface area contributed by atoms with Crippen molar-refractivity contribution in [1.29, 1.82) is 0 Å². The Morgan fingerprint density at radius 1 is 1.25 bits per heavy atom. The normalized spacial score (nSPS) is 11.0. The summed E-state index contributed by atoms with van der Waals surface area (Å²) in [7, 11) is 0. The first-order valence-corrected chi connectivity index (χ1v) is 7.27. The van der Waals surface area contributed by atoms with Gasteiger partial charge < -0.3 is 11.1 Å². The van der Waals surface area contributed by atoms with Crippen molar-refractivity contribution in [1.82, 2.24) is 14.5 Å². The highest BCUT2D eigenvalue weighted by molar-refractivity contribution is 14.0. The van der Waals surface area contributed by atoms with Crippen molar-refractivity contribution in [3.05, 3.63) is 72.4 Å². The number of pyridine rings is 1. The molecule has 1 aromatic carbocycles. The Morgan fingerprint density at radius 3 is 2.88 bits per heavy atom. The summed E-state index contributed by atoms with van der Waals surface area (Å²) in [4.78, 5) is 12.7. The third-order valence-electron chi connectivity index (χ3n) is 3.30. The topological polar surface area (TPSA) is 81.1 Å². The summed E-state index contributed by atoms with van der Waals surface area (Å²) >= 11 is 0. The lowest BCUT2D eigenvalue weighted by Gasteiger charge is -2.07. The first-order valence-electron chi connectivity index (χ1n) is 7.27. The van der Waals surface area contributed by atoms with E-state index in [2.05, 4.69) is 20.3 Å². The molecule has 6 nitrogen and oxygen atoms in total. The molecule has 0 unspecified atom stereocenters. The average Bonchev–Trinajstić information content (AvgIpc) is 3.08. The van der Waals surface area contributed by atoms with E-state index < -0.39 is 0 Å². The Bertz CT molecular complexity index is 813. The summed E-state index contributed by atoms with van der Waals surface area (Å²) in [6.45, 7) is 2.52. The molecular formula is C17H19IN6. The van der Waals surface area contributed by atoms with Gasteiger partial charge in [-0.1, -0.05) is 12.1 Å². The predicted octanol–water partition coefficient (Wildman–Crippen LogP) is 3.12. The highest BCUT2D eigenvalue weighted by atomic mass is 127. The van der Waals surface area contributed by atoms with E-state index in [-0.39, 0.29) is 24.0 Å². The zero-order valence-corrected chi connectivity index (χ0v) is 15.6. The van der Waals surface area contributed by atoms with E-state index in [0.29, 0.717) is 12.5 Å². The standard InChI is InChI=1S/C17H18N6.HI/c1-13-3-2-4-15(9-13)22-17(18)21-11-14-5-6-20-16(10-14)23-8-7-19-12-23;/h2-10,12H,11H2,1H3,(H3,18,21,22);1H. The smallest absolute Gasteiger partial charge is 0.193 e. The van der Waals surface area contributed by atoms with Crippen molar-refractivity contribution in [2.75, 3.05) is 5.32 Å². The number of aromatic nitrogens is 3. The number of hydrogen-bond donors (Lipinski definition) is 2. The highest BCUT2D eigenvalue weighted by Crippen LogP contribution is 2.10. The fourth-order valence-electron chi connectivity index (χ4n) is 2.18. The van der Waals surface area contributed by atoms with Gasteiger partial charge in [-0.05, 0) is 42.3 Å². The van der Waals surface area contributed by atoms with Crippen LogP contribution in [0.15, 0.2) is 66.3 Å². The molecule has 24 heavy (non-hydrogen) atoms. The fraction of sp³-hybridized carbons (Fsp3) is 0.118. The monoisotopic (exact) mass is 434 g/mol. The molecule has 2 aromatic heterocycles. The molecule has 0 radical (unpaired) electrons. The van der Waals surface area contributed by atoms with Crippen LogP contribution in [0.25, 0.3) is 5.82 Å². The molecule has 3 aromatic rings. The van der Waals surface area contributed by atoms with Gasteiger partial charge in [0.05, 0.1) is 6.54 Å². The maximum Gasteiger partial charge on any atom is 0.193 e. The van der Waals surface area contributed by atoms with Crippen LogP contribution in [0.3, 0.4) is 0 Å². The Labute approximate surface area is 157 Å². The third-order valence-corrected chi connectivity index (χ3v) is 3.30. The van der Waals surface area contributed by atoms with Crippen molar-refractivity contribution in [2.45, 2.75) is 13.5 Å². The molecule has 3 N–H and O–H groups in total. The van der Waals surface area contributed by atoms with E-state index in [4.69, 9.17) is 5.73 Å². The summed E-state index contributed by atoms with van der Waals surface area (Å²) in [5.74, 6) is 1.19. The number of nitrogens with two attached hydrogens (primary N) is 1. The Hall–Kier alpha value is -2.42. The number of anilines is 1. The molecule has 2 heterocycles. The maximum absolute atomic E-state index is 5.94. The molecule has 124 valence electrons. The minimum atomic E-state index is 0. The molecule has 0 aliphatic carbocycles. The zero-order chi connectivity index (χ0) is 16.1. The number of aliphatic imine (C=N–C) groups is 1. The molecule has 0 aliphatic rings. The summed E-state index contributed by atoms with van der Waals surface area (Å²) in [5.41, 5.74) is 9.07. The predicted molar refractivity (Wildman–Crippen MR) is 107 cm³/mol. The lowest BCUT2D eigenvalue weighted by atomic mass is 10.2. The Kier molecular flexibility index (Phi) is 6.30. The molecule has 0 atom stereocenters.